The lowest BCUT2D eigenvalue weighted by Crippen LogP contribution is -2.61. The van der Waals surface area contributed by atoms with E-state index in [0.29, 0.717) is 10.6 Å². The van der Waals surface area contributed by atoms with Crippen molar-refractivity contribution in [1.82, 2.24) is 10.2 Å². The van der Waals surface area contributed by atoms with Crippen LogP contribution in [0.5, 0.6) is 0 Å². The van der Waals surface area contributed by atoms with E-state index in [9.17, 15) is 14.0 Å². The zero-order chi connectivity index (χ0) is 15.8. The molecule has 0 spiro atoms. The summed E-state index contributed by atoms with van der Waals surface area (Å²) in [6, 6.07) is 3.57. The monoisotopic (exact) mass is 312 g/mol. The smallest absolute Gasteiger partial charge is 0.246 e. The molecule has 0 aromatic heterocycles. The Kier molecular flexibility index (Phi) is 4.23. The first-order chi connectivity index (χ1) is 9.68. The van der Waals surface area contributed by atoms with Crippen LogP contribution in [-0.2, 0) is 16.1 Å². The van der Waals surface area contributed by atoms with Gasteiger partial charge < -0.3 is 10.2 Å². The molecule has 1 fully saturated rings. The number of benzene rings is 1. The van der Waals surface area contributed by atoms with Gasteiger partial charge in [-0.1, -0.05) is 32.4 Å². The lowest BCUT2D eigenvalue weighted by Gasteiger charge is -2.39. The van der Waals surface area contributed by atoms with Crippen LogP contribution in [0.2, 0.25) is 5.02 Å². The third kappa shape index (κ3) is 3.53. The van der Waals surface area contributed by atoms with Crippen LogP contribution in [0.15, 0.2) is 18.2 Å². The topological polar surface area (TPSA) is 49.4 Å². The minimum absolute atomic E-state index is 0.0330. The van der Waals surface area contributed by atoms with E-state index in [4.69, 9.17) is 11.6 Å². The van der Waals surface area contributed by atoms with Crippen LogP contribution in [0.25, 0.3) is 0 Å². The van der Waals surface area contributed by atoms with Gasteiger partial charge in [-0.3, -0.25) is 9.59 Å². The molecule has 0 aliphatic carbocycles. The van der Waals surface area contributed by atoms with Crippen LogP contribution in [0.4, 0.5) is 4.39 Å². The van der Waals surface area contributed by atoms with Crippen LogP contribution in [0.1, 0.15) is 26.3 Å². The predicted molar refractivity (Wildman–Crippen MR) is 78.2 cm³/mol. The highest BCUT2D eigenvalue weighted by atomic mass is 35.5. The maximum absolute atomic E-state index is 13.8. The molecule has 0 bridgehead atoms. The molecule has 1 N–H and O–H groups in total. The number of carbonyl (C=O) groups excluding carboxylic acids is 2. The fourth-order valence-corrected chi connectivity index (χ4v) is 2.49. The Morgan fingerprint density at radius 3 is 2.67 bits per heavy atom. The first-order valence-corrected chi connectivity index (χ1v) is 7.08. The van der Waals surface area contributed by atoms with Crippen molar-refractivity contribution in [3.63, 3.8) is 0 Å². The van der Waals surface area contributed by atoms with Crippen molar-refractivity contribution in [2.24, 2.45) is 5.41 Å². The van der Waals surface area contributed by atoms with Crippen molar-refractivity contribution in [2.45, 2.75) is 33.4 Å². The molecule has 1 aromatic carbocycles. The van der Waals surface area contributed by atoms with Crippen molar-refractivity contribution in [3.8, 4) is 0 Å². The third-order valence-electron chi connectivity index (χ3n) is 3.43. The summed E-state index contributed by atoms with van der Waals surface area (Å²) in [5.41, 5.74) is -0.101. The number of hydrogen-bond acceptors (Lipinski definition) is 2. The van der Waals surface area contributed by atoms with Crippen LogP contribution in [0, 0.1) is 11.2 Å². The van der Waals surface area contributed by atoms with Gasteiger partial charge in [0, 0.05) is 17.1 Å². The van der Waals surface area contributed by atoms with Crippen molar-refractivity contribution >= 4 is 23.4 Å². The molecule has 1 atom stereocenters. The molecule has 1 aliphatic heterocycles. The molecular weight excluding hydrogens is 295 g/mol. The van der Waals surface area contributed by atoms with E-state index in [0.717, 1.165) is 0 Å². The molecule has 2 rings (SSSR count). The second kappa shape index (κ2) is 5.64. The molecule has 21 heavy (non-hydrogen) atoms. The number of carbonyl (C=O) groups is 2. The minimum Gasteiger partial charge on any atom is -0.342 e. The van der Waals surface area contributed by atoms with Gasteiger partial charge in [-0.25, -0.2) is 4.39 Å². The van der Waals surface area contributed by atoms with Crippen molar-refractivity contribution < 1.29 is 14.0 Å². The highest BCUT2D eigenvalue weighted by molar-refractivity contribution is 6.30. The van der Waals surface area contributed by atoms with E-state index in [-0.39, 0.29) is 24.9 Å². The Balaban J connectivity index is 2.24. The van der Waals surface area contributed by atoms with Gasteiger partial charge in [-0.05, 0) is 23.6 Å². The fourth-order valence-electron chi connectivity index (χ4n) is 2.29. The first kappa shape index (κ1) is 15.8. The van der Waals surface area contributed by atoms with E-state index in [1.165, 1.54) is 23.1 Å². The zero-order valence-electron chi connectivity index (χ0n) is 12.2. The van der Waals surface area contributed by atoms with Gasteiger partial charge in [-0.15, -0.1) is 0 Å². The average molecular weight is 313 g/mol. The second-order valence-electron chi connectivity index (χ2n) is 6.30. The summed E-state index contributed by atoms with van der Waals surface area (Å²) in [5, 5.41) is 3.09. The van der Waals surface area contributed by atoms with Gasteiger partial charge in [-0.2, -0.15) is 0 Å². The number of halogens is 2. The van der Waals surface area contributed by atoms with Crippen molar-refractivity contribution in [3.05, 3.63) is 34.6 Å². The van der Waals surface area contributed by atoms with Crippen LogP contribution < -0.4 is 5.32 Å². The fraction of sp³-hybridized carbons (Fsp3) is 0.467. The van der Waals surface area contributed by atoms with Crippen molar-refractivity contribution in [1.29, 1.82) is 0 Å². The summed E-state index contributed by atoms with van der Waals surface area (Å²) in [5.74, 6) is -0.885. The third-order valence-corrected chi connectivity index (χ3v) is 3.67. The number of nitrogens with zero attached hydrogens (tertiary/aromatic N) is 1. The number of hydrogen-bond donors (Lipinski definition) is 1. The summed E-state index contributed by atoms with van der Waals surface area (Å²) in [4.78, 5) is 25.6. The van der Waals surface area contributed by atoms with E-state index in [1.807, 2.05) is 20.8 Å². The Morgan fingerprint density at radius 2 is 2.05 bits per heavy atom. The molecule has 1 saturated heterocycles. The second-order valence-corrected chi connectivity index (χ2v) is 6.73. The Hall–Kier alpha value is -1.62. The van der Waals surface area contributed by atoms with Gasteiger partial charge >= 0.3 is 0 Å². The standard InChI is InChI=1S/C15H18ClFN2O2/c1-15(2,3)13-14(21)19(8-12(20)18-13)7-9-6-10(16)4-5-11(9)17/h4-6,13H,7-8H2,1-3H3,(H,18,20). The maximum Gasteiger partial charge on any atom is 0.246 e. The predicted octanol–water partition coefficient (Wildman–Crippen LogP) is 2.35. The van der Waals surface area contributed by atoms with E-state index in [2.05, 4.69) is 5.32 Å². The van der Waals surface area contributed by atoms with Crippen LogP contribution in [0.3, 0.4) is 0 Å². The number of nitrogens with one attached hydrogen (secondary N) is 1. The van der Waals surface area contributed by atoms with Gasteiger partial charge in [0.15, 0.2) is 0 Å². The maximum atomic E-state index is 13.8. The molecule has 1 aromatic rings. The van der Waals surface area contributed by atoms with Gasteiger partial charge in [0.1, 0.15) is 11.9 Å². The largest absolute Gasteiger partial charge is 0.342 e. The lowest BCUT2D eigenvalue weighted by molar-refractivity contribution is -0.148. The molecule has 2 amide bonds. The molecular formula is C15H18ClFN2O2. The minimum atomic E-state index is -0.610. The molecule has 114 valence electrons. The Morgan fingerprint density at radius 1 is 1.38 bits per heavy atom. The Bertz CT molecular complexity index is 584. The summed E-state index contributed by atoms with van der Waals surface area (Å²) < 4.78 is 13.8. The van der Waals surface area contributed by atoms with Crippen LogP contribution in [-0.4, -0.2) is 29.3 Å². The van der Waals surface area contributed by atoms with Crippen LogP contribution >= 0.6 is 11.6 Å². The van der Waals surface area contributed by atoms with E-state index in [1.54, 1.807) is 0 Å². The average Bonchev–Trinajstić information content (AvgIpc) is 2.36. The van der Waals surface area contributed by atoms with E-state index >= 15 is 0 Å². The zero-order valence-corrected chi connectivity index (χ0v) is 13.0. The molecule has 1 aliphatic rings. The van der Waals surface area contributed by atoms with Crippen molar-refractivity contribution in [2.75, 3.05) is 6.54 Å². The highest BCUT2D eigenvalue weighted by Gasteiger charge is 2.39. The molecule has 6 heteroatoms. The van der Waals surface area contributed by atoms with Gasteiger partial charge in [0.05, 0.1) is 6.54 Å². The number of rotatable bonds is 2. The number of piperazine rings is 1. The summed E-state index contributed by atoms with van der Waals surface area (Å²) >= 11 is 5.85. The summed E-state index contributed by atoms with van der Waals surface area (Å²) in [7, 11) is 0. The normalized spacial score (nSPS) is 19.7. The summed E-state index contributed by atoms with van der Waals surface area (Å²) in [6.07, 6.45) is 0. The quantitative estimate of drug-likeness (QED) is 0.911. The molecule has 4 nitrogen and oxygen atoms in total. The number of amides is 2. The summed E-state index contributed by atoms with van der Waals surface area (Å²) in [6.45, 7) is 5.58. The highest BCUT2D eigenvalue weighted by Crippen LogP contribution is 2.25. The molecule has 1 heterocycles. The molecule has 0 radical (unpaired) electrons. The van der Waals surface area contributed by atoms with Gasteiger partial charge in [0.25, 0.3) is 0 Å². The lowest BCUT2D eigenvalue weighted by atomic mass is 9.84. The van der Waals surface area contributed by atoms with E-state index < -0.39 is 17.3 Å². The van der Waals surface area contributed by atoms with Gasteiger partial charge in [0.2, 0.25) is 11.8 Å². The first-order valence-electron chi connectivity index (χ1n) is 6.70. The Labute approximate surface area is 128 Å². The molecule has 1 unspecified atom stereocenters. The SMILES string of the molecule is CC(C)(C)C1NC(=O)CN(Cc2cc(Cl)ccc2F)C1=O. The molecule has 0 saturated carbocycles.